The molecule has 1 saturated heterocycles. The fraction of sp³-hybridized carbons (Fsp3) is 0.375. The number of imidazole rings is 1. The van der Waals surface area contributed by atoms with Crippen LogP contribution in [0.15, 0.2) is 24.8 Å². The number of aromatic nitrogens is 5. The van der Waals surface area contributed by atoms with E-state index in [-0.39, 0.29) is 11.5 Å². The number of esters is 1. The summed E-state index contributed by atoms with van der Waals surface area (Å²) in [6.07, 6.45) is 1.33. The van der Waals surface area contributed by atoms with Gasteiger partial charge in [0.15, 0.2) is 11.5 Å². The third-order valence-corrected chi connectivity index (χ3v) is 4.29. The molecule has 3 aromatic rings. The summed E-state index contributed by atoms with van der Waals surface area (Å²) in [6, 6.07) is 0. The van der Waals surface area contributed by atoms with Crippen LogP contribution in [-0.4, -0.2) is 62.5 Å². The summed E-state index contributed by atoms with van der Waals surface area (Å²) in [4.78, 5) is 21.5. The minimum atomic E-state index is -5.12. The van der Waals surface area contributed by atoms with Gasteiger partial charge in [-0.2, -0.15) is 23.3 Å². The molecule has 148 valence electrons. The largest absolute Gasteiger partial charge is 0.491 e. The molecule has 0 bridgehead atoms. The molecule has 0 aromatic carbocycles. The van der Waals surface area contributed by atoms with E-state index in [0.29, 0.717) is 31.9 Å². The van der Waals surface area contributed by atoms with E-state index in [9.17, 15) is 18.0 Å². The zero-order valence-electron chi connectivity index (χ0n) is 14.8. The van der Waals surface area contributed by atoms with Gasteiger partial charge in [0.25, 0.3) is 5.88 Å². The van der Waals surface area contributed by atoms with Gasteiger partial charge in [-0.3, -0.25) is 14.1 Å². The lowest BCUT2D eigenvalue weighted by molar-refractivity contribution is -0.189. The fourth-order valence-corrected chi connectivity index (χ4v) is 3.00. The molecule has 1 fully saturated rings. The first-order chi connectivity index (χ1) is 13.3. The van der Waals surface area contributed by atoms with Crippen LogP contribution in [0.5, 0.6) is 5.88 Å². The molecule has 0 spiro atoms. The lowest BCUT2D eigenvalue weighted by Gasteiger charge is -2.29. The number of fused-ring (bicyclic) bond motifs is 1. The van der Waals surface area contributed by atoms with E-state index in [2.05, 4.69) is 25.1 Å². The summed E-state index contributed by atoms with van der Waals surface area (Å²) >= 11 is 0. The zero-order valence-corrected chi connectivity index (χ0v) is 14.8. The smallest absolute Gasteiger partial charge is 0.397 e. The first-order valence-corrected chi connectivity index (χ1v) is 8.45. The van der Waals surface area contributed by atoms with E-state index in [0.717, 1.165) is 5.56 Å². The van der Waals surface area contributed by atoms with Gasteiger partial charge in [-0.25, -0.2) is 4.79 Å². The zero-order chi connectivity index (χ0) is 19.9. The van der Waals surface area contributed by atoms with Crippen molar-refractivity contribution in [3.8, 4) is 17.1 Å². The normalized spacial score (nSPS) is 15.2. The molecular formula is C16H16F3N7O2. The number of halogens is 3. The van der Waals surface area contributed by atoms with Crippen LogP contribution in [0.4, 0.5) is 19.0 Å². The number of nitrogens with one attached hydrogen (secondary N) is 1. The third kappa shape index (κ3) is 3.38. The van der Waals surface area contributed by atoms with Gasteiger partial charge in [0.1, 0.15) is 0 Å². The third-order valence-electron chi connectivity index (χ3n) is 4.29. The molecule has 1 aliphatic heterocycles. The maximum Gasteiger partial charge on any atom is 0.491 e. The molecule has 0 unspecified atom stereocenters. The van der Waals surface area contributed by atoms with Crippen LogP contribution in [0.2, 0.25) is 0 Å². The minimum absolute atomic E-state index is 0.270. The molecule has 9 nitrogen and oxygen atoms in total. The van der Waals surface area contributed by atoms with Crippen molar-refractivity contribution in [2.24, 2.45) is 7.05 Å². The molecule has 0 radical (unpaired) electrons. The Hall–Kier alpha value is -3.15. The van der Waals surface area contributed by atoms with E-state index in [1.54, 1.807) is 34.7 Å². The minimum Gasteiger partial charge on any atom is -0.397 e. The molecule has 0 atom stereocenters. The summed E-state index contributed by atoms with van der Waals surface area (Å²) in [7, 11) is 1.76. The fourth-order valence-electron chi connectivity index (χ4n) is 3.00. The number of carbonyl (C=O) groups is 1. The summed E-state index contributed by atoms with van der Waals surface area (Å²) in [5.41, 5.74) is 1.56. The highest BCUT2D eigenvalue weighted by Gasteiger charge is 2.42. The second-order valence-corrected chi connectivity index (χ2v) is 6.27. The van der Waals surface area contributed by atoms with Crippen molar-refractivity contribution in [3.05, 3.63) is 24.8 Å². The molecule has 0 amide bonds. The first kappa shape index (κ1) is 18.2. The molecule has 3 aromatic heterocycles. The van der Waals surface area contributed by atoms with Crippen LogP contribution in [0.1, 0.15) is 0 Å². The number of anilines is 1. The van der Waals surface area contributed by atoms with Gasteiger partial charge in [-0.05, 0) is 0 Å². The lowest BCUT2D eigenvalue weighted by Crippen LogP contribution is -2.44. The second-order valence-electron chi connectivity index (χ2n) is 6.27. The Bertz CT molecular complexity index is 1020. The predicted octanol–water partition coefficient (Wildman–Crippen LogP) is 1.01. The van der Waals surface area contributed by atoms with Crippen molar-refractivity contribution in [3.63, 3.8) is 0 Å². The lowest BCUT2D eigenvalue weighted by atomic mass is 10.3. The quantitative estimate of drug-likeness (QED) is 0.662. The average molecular weight is 395 g/mol. The van der Waals surface area contributed by atoms with E-state index in [1.165, 1.54) is 6.20 Å². The standard InChI is InChI=1S/C16H16F3N7O2/c1-24-8-10(6-22-24)11-9-26-12(7-21-11)23-13(28-15(27)16(17,18)19)14(26)25-4-2-20-3-5-25/h6-9,20H,2-5H2,1H3. The molecule has 4 rings (SSSR count). The van der Waals surface area contributed by atoms with E-state index in [1.807, 2.05) is 4.90 Å². The van der Waals surface area contributed by atoms with Gasteiger partial charge < -0.3 is 15.0 Å². The van der Waals surface area contributed by atoms with Crippen molar-refractivity contribution >= 4 is 17.4 Å². The van der Waals surface area contributed by atoms with Crippen LogP contribution in [0.25, 0.3) is 16.9 Å². The van der Waals surface area contributed by atoms with Gasteiger partial charge in [0, 0.05) is 51.2 Å². The number of hydrogen-bond acceptors (Lipinski definition) is 7. The predicted molar refractivity (Wildman–Crippen MR) is 92.0 cm³/mol. The van der Waals surface area contributed by atoms with E-state index in [4.69, 9.17) is 0 Å². The average Bonchev–Trinajstić information content (AvgIpc) is 3.24. The number of hydrogen-bond donors (Lipinski definition) is 1. The van der Waals surface area contributed by atoms with Gasteiger partial charge in [-0.15, -0.1) is 0 Å². The Balaban J connectivity index is 1.82. The summed E-state index contributed by atoms with van der Waals surface area (Å²) in [5, 5.41) is 7.26. The van der Waals surface area contributed by atoms with Crippen LogP contribution in [0.3, 0.4) is 0 Å². The van der Waals surface area contributed by atoms with Crippen molar-refractivity contribution < 1.29 is 22.7 Å². The number of aryl methyl sites for hydroxylation is 1. The molecule has 1 aliphatic rings. The number of alkyl halides is 3. The molecule has 0 aliphatic carbocycles. The van der Waals surface area contributed by atoms with Crippen molar-refractivity contribution in [2.45, 2.75) is 6.18 Å². The maximum absolute atomic E-state index is 12.7. The summed E-state index contributed by atoms with van der Waals surface area (Å²) in [6.45, 7) is 2.32. The first-order valence-electron chi connectivity index (χ1n) is 8.45. The summed E-state index contributed by atoms with van der Waals surface area (Å²) < 4.78 is 45.9. The number of piperazine rings is 1. The Morgan fingerprint density at radius 3 is 2.61 bits per heavy atom. The van der Waals surface area contributed by atoms with Crippen molar-refractivity contribution in [1.82, 2.24) is 29.5 Å². The highest BCUT2D eigenvalue weighted by molar-refractivity contribution is 5.80. The maximum atomic E-state index is 12.7. The van der Waals surface area contributed by atoms with Gasteiger partial charge >= 0.3 is 12.1 Å². The summed E-state index contributed by atoms with van der Waals surface area (Å²) in [5.74, 6) is -2.43. The highest BCUT2D eigenvalue weighted by atomic mass is 19.4. The van der Waals surface area contributed by atoms with Crippen molar-refractivity contribution in [1.29, 1.82) is 0 Å². The van der Waals surface area contributed by atoms with E-state index < -0.39 is 18.0 Å². The number of nitrogens with zero attached hydrogens (tertiary/aromatic N) is 6. The van der Waals surface area contributed by atoms with Crippen molar-refractivity contribution in [2.75, 3.05) is 31.1 Å². The monoisotopic (exact) mass is 395 g/mol. The topological polar surface area (TPSA) is 89.6 Å². The second kappa shape index (κ2) is 6.78. The molecule has 0 saturated carbocycles. The van der Waals surface area contributed by atoms with Gasteiger partial charge in [0.05, 0.1) is 18.1 Å². The Morgan fingerprint density at radius 2 is 1.96 bits per heavy atom. The van der Waals surface area contributed by atoms with Crippen LogP contribution < -0.4 is 15.0 Å². The molecule has 4 heterocycles. The van der Waals surface area contributed by atoms with Crippen LogP contribution in [0, 0.1) is 0 Å². The van der Waals surface area contributed by atoms with E-state index >= 15 is 0 Å². The molecular weight excluding hydrogens is 379 g/mol. The van der Waals surface area contributed by atoms with Gasteiger partial charge in [0.2, 0.25) is 0 Å². The Morgan fingerprint density at radius 1 is 1.21 bits per heavy atom. The molecule has 1 N–H and O–H groups in total. The highest BCUT2D eigenvalue weighted by Crippen LogP contribution is 2.32. The molecule has 12 heteroatoms. The van der Waals surface area contributed by atoms with Crippen LogP contribution in [-0.2, 0) is 11.8 Å². The number of ether oxygens (including phenoxy) is 1. The molecule has 28 heavy (non-hydrogen) atoms. The SMILES string of the molecule is Cn1cc(-c2cn3c(N4CCNCC4)c(OC(=O)C(F)(F)F)nc3cn2)cn1. The Kier molecular flexibility index (Phi) is 4.41. The number of rotatable bonds is 3. The van der Waals surface area contributed by atoms with Crippen LogP contribution >= 0.6 is 0 Å². The number of carbonyl (C=O) groups excluding carboxylic acids is 1. The van der Waals surface area contributed by atoms with Gasteiger partial charge in [-0.1, -0.05) is 0 Å². The Labute approximate surface area is 156 Å².